The summed E-state index contributed by atoms with van der Waals surface area (Å²) < 4.78 is 19.7. The monoisotopic (exact) mass is 251 g/mol. The molecule has 0 fully saturated rings. The summed E-state index contributed by atoms with van der Waals surface area (Å²) in [7, 11) is 1.61. The summed E-state index contributed by atoms with van der Waals surface area (Å²) in [4.78, 5) is 0. The highest BCUT2D eigenvalue weighted by molar-refractivity contribution is 5.71. The molecule has 0 aliphatic carbocycles. The minimum absolute atomic E-state index is 0.0334. The Hall–Kier alpha value is -2.02. The zero-order chi connectivity index (χ0) is 13.1. The number of methoxy groups -OCH3 is 1. The molecule has 1 unspecified atom stereocenters. The molecule has 0 saturated heterocycles. The van der Waals surface area contributed by atoms with Crippen molar-refractivity contribution in [3.63, 3.8) is 0 Å². The molecule has 0 amide bonds. The van der Waals surface area contributed by atoms with Crippen molar-refractivity contribution in [3.8, 4) is 11.4 Å². The number of aromatic nitrogens is 4. The summed E-state index contributed by atoms with van der Waals surface area (Å²) in [6, 6.07) is 4.13. The van der Waals surface area contributed by atoms with Gasteiger partial charge in [0, 0.05) is 18.4 Å². The summed E-state index contributed by atoms with van der Waals surface area (Å²) in [6.45, 7) is 2.40. The maximum atomic E-state index is 13.0. The second kappa shape index (κ2) is 5.09. The Morgan fingerprint density at radius 2 is 2.28 bits per heavy atom. The molecule has 0 bridgehead atoms. The molecule has 2 aromatic rings. The number of anilines is 1. The number of halogens is 1. The van der Waals surface area contributed by atoms with Crippen LogP contribution in [-0.2, 0) is 11.3 Å². The number of ether oxygens (including phenoxy) is 1. The topological polar surface area (TPSA) is 78.8 Å². The first-order chi connectivity index (χ1) is 8.61. The van der Waals surface area contributed by atoms with E-state index in [0.29, 0.717) is 23.6 Å². The van der Waals surface area contributed by atoms with E-state index in [2.05, 4.69) is 15.5 Å². The zero-order valence-electron chi connectivity index (χ0n) is 10.2. The van der Waals surface area contributed by atoms with E-state index in [1.54, 1.807) is 17.9 Å². The SMILES string of the molecule is COC(C)Cn1nnnc1-c1ccc(F)cc1N. The maximum absolute atomic E-state index is 13.0. The molecule has 1 atom stereocenters. The van der Waals surface area contributed by atoms with Crippen LogP contribution < -0.4 is 5.73 Å². The Labute approximate surface area is 104 Å². The van der Waals surface area contributed by atoms with Gasteiger partial charge in [-0.05, 0) is 35.5 Å². The number of nitrogen functional groups attached to an aromatic ring is 1. The van der Waals surface area contributed by atoms with Crippen LogP contribution in [0.3, 0.4) is 0 Å². The van der Waals surface area contributed by atoms with E-state index in [4.69, 9.17) is 10.5 Å². The minimum Gasteiger partial charge on any atom is -0.398 e. The van der Waals surface area contributed by atoms with Crippen LogP contribution in [0.15, 0.2) is 18.2 Å². The molecule has 7 heteroatoms. The van der Waals surface area contributed by atoms with Gasteiger partial charge >= 0.3 is 0 Å². The van der Waals surface area contributed by atoms with E-state index in [0.717, 1.165) is 0 Å². The van der Waals surface area contributed by atoms with Gasteiger partial charge in [0.1, 0.15) is 5.82 Å². The van der Waals surface area contributed by atoms with Crippen molar-refractivity contribution in [1.29, 1.82) is 0 Å². The first-order valence-electron chi connectivity index (χ1n) is 5.46. The van der Waals surface area contributed by atoms with Crippen LogP contribution in [0.5, 0.6) is 0 Å². The van der Waals surface area contributed by atoms with Crippen molar-refractivity contribution in [2.45, 2.75) is 19.6 Å². The van der Waals surface area contributed by atoms with Crippen LogP contribution in [0.25, 0.3) is 11.4 Å². The average molecular weight is 251 g/mol. The fraction of sp³-hybridized carbons (Fsp3) is 0.364. The summed E-state index contributed by atoms with van der Waals surface area (Å²) in [5.74, 6) is 0.108. The lowest BCUT2D eigenvalue weighted by molar-refractivity contribution is 0.0997. The van der Waals surface area contributed by atoms with E-state index in [1.807, 2.05) is 6.92 Å². The molecule has 0 aliphatic heterocycles. The van der Waals surface area contributed by atoms with Gasteiger partial charge in [0.2, 0.25) is 0 Å². The molecular weight excluding hydrogens is 237 g/mol. The van der Waals surface area contributed by atoms with Gasteiger partial charge in [-0.2, -0.15) is 0 Å². The van der Waals surface area contributed by atoms with Gasteiger partial charge in [0.05, 0.1) is 12.6 Å². The number of nitrogens with zero attached hydrogens (tertiary/aromatic N) is 4. The molecule has 1 aromatic carbocycles. The Morgan fingerprint density at radius 3 is 2.94 bits per heavy atom. The predicted octanol–water partition coefficient (Wildman–Crippen LogP) is 1.10. The summed E-state index contributed by atoms with van der Waals surface area (Å²) in [6.07, 6.45) is -0.0334. The Balaban J connectivity index is 2.36. The largest absolute Gasteiger partial charge is 0.398 e. The third-order valence-corrected chi connectivity index (χ3v) is 2.62. The van der Waals surface area contributed by atoms with Gasteiger partial charge in [-0.15, -0.1) is 5.10 Å². The van der Waals surface area contributed by atoms with Gasteiger partial charge < -0.3 is 10.5 Å². The zero-order valence-corrected chi connectivity index (χ0v) is 10.2. The molecular formula is C11H14FN5O. The number of nitrogens with two attached hydrogens (primary N) is 1. The van der Waals surface area contributed by atoms with E-state index < -0.39 is 0 Å². The smallest absolute Gasteiger partial charge is 0.184 e. The number of hydrogen-bond acceptors (Lipinski definition) is 5. The lowest BCUT2D eigenvalue weighted by Crippen LogP contribution is -2.17. The van der Waals surface area contributed by atoms with E-state index in [-0.39, 0.29) is 11.9 Å². The Bertz CT molecular complexity index is 542. The minimum atomic E-state index is -0.388. The lowest BCUT2D eigenvalue weighted by atomic mass is 10.1. The summed E-state index contributed by atoms with van der Waals surface area (Å²) in [5.41, 5.74) is 6.67. The van der Waals surface area contributed by atoms with Crippen molar-refractivity contribution in [2.24, 2.45) is 0 Å². The molecule has 0 aliphatic rings. The molecule has 2 rings (SSSR count). The van der Waals surface area contributed by atoms with E-state index >= 15 is 0 Å². The van der Waals surface area contributed by atoms with E-state index in [9.17, 15) is 4.39 Å². The third-order valence-electron chi connectivity index (χ3n) is 2.62. The average Bonchev–Trinajstić information content (AvgIpc) is 2.77. The standard InChI is InChI=1S/C11H14FN5O/c1-7(18-2)6-17-11(14-15-16-17)9-4-3-8(12)5-10(9)13/h3-5,7H,6,13H2,1-2H3. The first kappa shape index (κ1) is 12.4. The van der Waals surface area contributed by atoms with Gasteiger partial charge in [0.25, 0.3) is 0 Å². The maximum Gasteiger partial charge on any atom is 0.184 e. The molecule has 0 saturated carbocycles. The van der Waals surface area contributed by atoms with Crippen molar-refractivity contribution >= 4 is 5.69 Å². The molecule has 1 aromatic heterocycles. The quantitative estimate of drug-likeness (QED) is 0.823. The fourth-order valence-corrected chi connectivity index (χ4v) is 1.58. The highest BCUT2D eigenvalue weighted by Crippen LogP contribution is 2.24. The molecule has 1 heterocycles. The lowest BCUT2D eigenvalue weighted by Gasteiger charge is -2.11. The fourth-order valence-electron chi connectivity index (χ4n) is 1.58. The third kappa shape index (κ3) is 2.45. The summed E-state index contributed by atoms with van der Waals surface area (Å²) in [5, 5.41) is 11.4. The summed E-state index contributed by atoms with van der Waals surface area (Å²) >= 11 is 0. The predicted molar refractivity (Wildman–Crippen MR) is 64.1 cm³/mol. The second-order valence-electron chi connectivity index (χ2n) is 3.96. The number of tetrazole rings is 1. The number of hydrogen-bond donors (Lipinski definition) is 1. The van der Waals surface area contributed by atoms with Crippen molar-refractivity contribution < 1.29 is 9.13 Å². The van der Waals surface area contributed by atoms with Crippen molar-refractivity contribution in [3.05, 3.63) is 24.0 Å². The molecule has 96 valence electrons. The molecule has 0 spiro atoms. The van der Waals surface area contributed by atoms with Crippen LogP contribution in [0.4, 0.5) is 10.1 Å². The highest BCUT2D eigenvalue weighted by atomic mass is 19.1. The molecule has 18 heavy (non-hydrogen) atoms. The van der Waals surface area contributed by atoms with Gasteiger partial charge in [0.15, 0.2) is 5.82 Å². The molecule has 0 radical (unpaired) electrons. The number of benzene rings is 1. The van der Waals surface area contributed by atoms with Crippen LogP contribution >= 0.6 is 0 Å². The van der Waals surface area contributed by atoms with Crippen LogP contribution in [0.2, 0.25) is 0 Å². The molecule has 6 nitrogen and oxygen atoms in total. The van der Waals surface area contributed by atoms with Crippen molar-refractivity contribution in [1.82, 2.24) is 20.2 Å². The Morgan fingerprint density at radius 1 is 1.50 bits per heavy atom. The van der Waals surface area contributed by atoms with Crippen molar-refractivity contribution in [2.75, 3.05) is 12.8 Å². The van der Waals surface area contributed by atoms with Gasteiger partial charge in [-0.1, -0.05) is 0 Å². The number of rotatable bonds is 4. The van der Waals surface area contributed by atoms with Gasteiger partial charge in [-0.25, -0.2) is 9.07 Å². The highest BCUT2D eigenvalue weighted by Gasteiger charge is 2.14. The van der Waals surface area contributed by atoms with E-state index in [1.165, 1.54) is 12.1 Å². The normalized spacial score (nSPS) is 12.6. The van der Waals surface area contributed by atoms with Crippen LogP contribution in [-0.4, -0.2) is 33.4 Å². The molecule has 2 N–H and O–H groups in total. The van der Waals surface area contributed by atoms with Gasteiger partial charge in [-0.3, -0.25) is 0 Å². The van der Waals surface area contributed by atoms with Crippen LogP contribution in [0.1, 0.15) is 6.92 Å². The van der Waals surface area contributed by atoms with Crippen LogP contribution in [0, 0.1) is 5.82 Å². The first-order valence-corrected chi connectivity index (χ1v) is 5.46. The second-order valence-corrected chi connectivity index (χ2v) is 3.96. The Kier molecular flexibility index (Phi) is 3.52.